The van der Waals surface area contributed by atoms with E-state index in [1.54, 1.807) is 65.6 Å². The normalized spacial score (nSPS) is 15.4. The fraction of sp³-hybridized carbons (Fsp3) is 0.160. The van der Waals surface area contributed by atoms with E-state index in [9.17, 15) is 14.4 Å². The summed E-state index contributed by atoms with van der Waals surface area (Å²) in [5.74, 6) is -0.107. The highest BCUT2D eigenvalue weighted by Crippen LogP contribution is 2.39. The van der Waals surface area contributed by atoms with Gasteiger partial charge in [-0.25, -0.2) is 0 Å². The van der Waals surface area contributed by atoms with E-state index in [1.807, 2.05) is 6.07 Å². The molecule has 0 aliphatic carbocycles. The molecular weight excluding hydrogens is 422 g/mol. The second-order valence-electron chi connectivity index (χ2n) is 7.69. The number of carbonyl (C=O) groups excluding carboxylic acids is 3. The van der Waals surface area contributed by atoms with Crippen molar-refractivity contribution in [3.63, 3.8) is 0 Å². The molecular formula is C25H23N3O5. The number of benzene rings is 3. The summed E-state index contributed by atoms with van der Waals surface area (Å²) in [5, 5.41) is 0. The number of hydrogen-bond acceptors (Lipinski definition) is 5. The van der Waals surface area contributed by atoms with Crippen molar-refractivity contribution in [1.82, 2.24) is 0 Å². The average molecular weight is 445 g/mol. The van der Waals surface area contributed by atoms with Gasteiger partial charge in [-0.05, 0) is 48.0 Å². The van der Waals surface area contributed by atoms with Crippen molar-refractivity contribution in [2.45, 2.75) is 12.3 Å². The lowest BCUT2D eigenvalue weighted by Crippen LogP contribution is -2.24. The Kier molecular flexibility index (Phi) is 5.99. The van der Waals surface area contributed by atoms with Gasteiger partial charge in [0.15, 0.2) is 11.5 Å². The molecule has 0 spiro atoms. The standard InChI is InChI=1S/C25H23N3O5/c1-32-21-10-9-15(12-22(21)33-20-8-3-2-7-19(20)25(27)31)17-13-23(29)28(14-17)18-6-4-5-16(11-18)24(26)30/h2-12,17H,13-14H2,1H3,(H2,26,30)(H2,27,31)/t17-/m0/s1. The van der Waals surface area contributed by atoms with Gasteiger partial charge in [-0.15, -0.1) is 0 Å². The number of hydrogen-bond donors (Lipinski definition) is 2. The van der Waals surface area contributed by atoms with Gasteiger partial charge >= 0.3 is 0 Å². The summed E-state index contributed by atoms with van der Waals surface area (Å²) in [5.41, 5.74) is 12.9. The molecule has 3 amide bonds. The molecule has 3 aromatic rings. The number of methoxy groups -OCH3 is 1. The van der Waals surface area contributed by atoms with Crippen LogP contribution in [0.4, 0.5) is 5.69 Å². The maximum absolute atomic E-state index is 12.8. The van der Waals surface area contributed by atoms with Gasteiger partial charge in [-0.2, -0.15) is 0 Å². The molecule has 4 rings (SSSR count). The topological polar surface area (TPSA) is 125 Å². The number of para-hydroxylation sites is 1. The van der Waals surface area contributed by atoms with Crippen LogP contribution in [-0.2, 0) is 4.79 Å². The highest BCUT2D eigenvalue weighted by atomic mass is 16.5. The van der Waals surface area contributed by atoms with Crippen LogP contribution in [0, 0.1) is 0 Å². The second-order valence-corrected chi connectivity index (χ2v) is 7.69. The summed E-state index contributed by atoms with van der Waals surface area (Å²) < 4.78 is 11.4. The summed E-state index contributed by atoms with van der Waals surface area (Å²) in [7, 11) is 1.52. The van der Waals surface area contributed by atoms with Gasteiger partial charge in [0.25, 0.3) is 5.91 Å². The number of rotatable bonds is 7. The van der Waals surface area contributed by atoms with Crippen LogP contribution < -0.4 is 25.8 Å². The van der Waals surface area contributed by atoms with E-state index in [2.05, 4.69) is 0 Å². The Balaban J connectivity index is 1.62. The smallest absolute Gasteiger partial charge is 0.252 e. The zero-order valence-corrected chi connectivity index (χ0v) is 18.0. The fourth-order valence-electron chi connectivity index (χ4n) is 3.91. The van der Waals surface area contributed by atoms with Crippen molar-refractivity contribution in [1.29, 1.82) is 0 Å². The minimum absolute atomic E-state index is 0.0565. The van der Waals surface area contributed by atoms with Crippen molar-refractivity contribution in [2.75, 3.05) is 18.6 Å². The first-order valence-electron chi connectivity index (χ1n) is 10.3. The molecule has 1 aliphatic heterocycles. The van der Waals surface area contributed by atoms with E-state index < -0.39 is 11.8 Å². The first-order chi connectivity index (χ1) is 15.9. The number of anilines is 1. The molecule has 1 atom stereocenters. The van der Waals surface area contributed by atoms with Crippen molar-refractivity contribution in [2.24, 2.45) is 11.5 Å². The number of ether oxygens (including phenoxy) is 2. The summed E-state index contributed by atoms with van der Waals surface area (Å²) >= 11 is 0. The molecule has 1 heterocycles. The summed E-state index contributed by atoms with van der Waals surface area (Å²) in [4.78, 5) is 37.7. The lowest BCUT2D eigenvalue weighted by molar-refractivity contribution is -0.117. The van der Waals surface area contributed by atoms with E-state index >= 15 is 0 Å². The summed E-state index contributed by atoms with van der Waals surface area (Å²) in [6.07, 6.45) is 0.296. The maximum atomic E-state index is 12.8. The van der Waals surface area contributed by atoms with Crippen LogP contribution in [0.25, 0.3) is 0 Å². The molecule has 4 N–H and O–H groups in total. The molecule has 3 aromatic carbocycles. The predicted molar refractivity (Wildman–Crippen MR) is 123 cm³/mol. The largest absolute Gasteiger partial charge is 0.493 e. The van der Waals surface area contributed by atoms with Gasteiger partial charge in [-0.1, -0.05) is 24.3 Å². The van der Waals surface area contributed by atoms with Crippen LogP contribution in [0.3, 0.4) is 0 Å². The lowest BCUT2D eigenvalue weighted by Gasteiger charge is -2.18. The molecule has 1 aliphatic rings. The van der Waals surface area contributed by atoms with E-state index in [4.69, 9.17) is 20.9 Å². The minimum atomic E-state index is -0.601. The Morgan fingerprint density at radius 2 is 1.70 bits per heavy atom. The first kappa shape index (κ1) is 21.9. The van der Waals surface area contributed by atoms with Crippen LogP contribution in [-0.4, -0.2) is 31.4 Å². The molecule has 0 aromatic heterocycles. The molecule has 8 heteroatoms. The number of carbonyl (C=O) groups is 3. The predicted octanol–water partition coefficient (Wildman–Crippen LogP) is 3.21. The molecule has 1 saturated heterocycles. The van der Waals surface area contributed by atoms with Gasteiger partial charge in [0.05, 0.1) is 12.7 Å². The van der Waals surface area contributed by atoms with Crippen molar-refractivity contribution >= 4 is 23.4 Å². The molecule has 0 radical (unpaired) electrons. The van der Waals surface area contributed by atoms with Gasteiger partial charge in [0, 0.05) is 30.1 Å². The van der Waals surface area contributed by atoms with Crippen LogP contribution in [0.1, 0.15) is 38.6 Å². The Hall–Kier alpha value is -4.33. The first-order valence-corrected chi connectivity index (χ1v) is 10.3. The van der Waals surface area contributed by atoms with Gasteiger partial charge in [-0.3, -0.25) is 14.4 Å². The van der Waals surface area contributed by atoms with Crippen molar-refractivity contribution in [3.8, 4) is 17.2 Å². The second kappa shape index (κ2) is 9.04. The molecule has 1 fully saturated rings. The molecule has 0 unspecified atom stereocenters. The fourth-order valence-corrected chi connectivity index (χ4v) is 3.91. The van der Waals surface area contributed by atoms with Crippen LogP contribution in [0.15, 0.2) is 66.7 Å². The average Bonchev–Trinajstić information content (AvgIpc) is 3.21. The van der Waals surface area contributed by atoms with E-state index in [0.717, 1.165) is 5.56 Å². The Bertz CT molecular complexity index is 1240. The van der Waals surface area contributed by atoms with Crippen LogP contribution in [0.2, 0.25) is 0 Å². The molecule has 0 saturated carbocycles. The Morgan fingerprint density at radius 3 is 2.42 bits per heavy atom. The monoisotopic (exact) mass is 445 g/mol. The van der Waals surface area contributed by atoms with Crippen molar-refractivity contribution < 1.29 is 23.9 Å². The molecule has 8 nitrogen and oxygen atoms in total. The van der Waals surface area contributed by atoms with Crippen LogP contribution in [0.5, 0.6) is 17.2 Å². The highest BCUT2D eigenvalue weighted by molar-refractivity contribution is 5.99. The summed E-state index contributed by atoms with van der Waals surface area (Å²) in [6.45, 7) is 0.435. The number of nitrogens with two attached hydrogens (primary N) is 2. The van der Waals surface area contributed by atoms with Crippen molar-refractivity contribution in [3.05, 3.63) is 83.4 Å². The molecule has 0 bridgehead atoms. The zero-order chi connectivity index (χ0) is 23.5. The van der Waals surface area contributed by atoms with Gasteiger partial charge in [0.1, 0.15) is 5.75 Å². The Morgan fingerprint density at radius 1 is 0.909 bits per heavy atom. The van der Waals surface area contributed by atoms with Crippen LogP contribution >= 0.6 is 0 Å². The Labute approximate surface area is 190 Å². The maximum Gasteiger partial charge on any atom is 0.252 e. The third-order valence-corrected chi connectivity index (χ3v) is 5.60. The van der Waals surface area contributed by atoms with E-state index in [1.165, 1.54) is 7.11 Å². The lowest BCUT2D eigenvalue weighted by atomic mass is 9.98. The van der Waals surface area contributed by atoms with Gasteiger partial charge < -0.3 is 25.8 Å². The highest BCUT2D eigenvalue weighted by Gasteiger charge is 2.32. The van der Waals surface area contributed by atoms with E-state index in [0.29, 0.717) is 41.5 Å². The molecule has 168 valence electrons. The third-order valence-electron chi connectivity index (χ3n) is 5.60. The number of primary amides is 2. The third kappa shape index (κ3) is 4.50. The van der Waals surface area contributed by atoms with E-state index in [-0.39, 0.29) is 17.4 Å². The molecule has 33 heavy (non-hydrogen) atoms. The summed E-state index contributed by atoms with van der Waals surface area (Å²) in [6, 6.07) is 18.8. The number of nitrogens with zero attached hydrogens (tertiary/aromatic N) is 1. The minimum Gasteiger partial charge on any atom is -0.493 e. The van der Waals surface area contributed by atoms with Gasteiger partial charge in [0.2, 0.25) is 11.8 Å². The quantitative estimate of drug-likeness (QED) is 0.578. The SMILES string of the molecule is COc1ccc([C@H]2CC(=O)N(c3cccc(C(N)=O)c3)C2)cc1Oc1ccccc1C(N)=O. The zero-order valence-electron chi connectivity index (χ0n) is 18.0. The number of amides is 3.